The van der Waals surface area contributed by atoms with Gasteiger partial charge < -0.3 is 9.47 Å². The maximum atomic E-state index is 6.02. The molecule has 1 saturated heterocycles. The summed E-state index contributed by atoms with van der Waals surface area (Å²) in [6.45, 7) is 1.16. The van der Waals surface area contributed by atoms with E-state index in [1.54, 1.807) is 4.52 Å². The first-order valence-corrected chi connectivity index (χ1v) is 6.24. The highest BCUT2D eigenvalue weighted by molar-refractivity contribution is 6.31. The quantitative estimate of drug-likeness (QED) is 0.680. The standard InChI is InChI=1S/C12H9ClN4O2/c13-8-2-1-7-5-9(12-18-3-4-19-12)11-14-15-16-17(11)10(7)6-8/h1-2,5-6,12H,3-4H2. The number of tetrazole rings is 1. The van der Waals surface area contributed by atoms with Gasteiger partial charge in [-0.05, 0) is 28.6 Å². The fourth-order valence-electron chi connectivity index (χ4n) is 2.30. The monoisotopic (exact) mass is 276 g/mol. The lowest BCUT2D eigenvalue weighted by molar-refractivity contribution is -0.0432. The number of benzene rings is 1. The first kappa shape index (κ1) is 11.1. The van der Waals surface area contributed by atoms with Crippen molar-refractivity contribution in [3.8, 4) is 0 Å². The number of aromatic nitrogens is 4. The highest BCUT2D eigenvalue weighted by Gasteiger charge is 2.23. The molecule has 1 aromatic carbocycles. The number of hydrogen-bond donors (Lipinski definition) is 0. The molecular weight excluding hydrogens is 268 g/mol. The smallest absolute Gasteiger partial charge is 0.188 e. The summed E-state index contributed by atoms with van der Waals surface area (Å²) in [5.74, 6) is 0. The largest absolute Gasteiger partial charge is 0.346 e. The number of rotatable bonds is 1. The van der Waals surface area contributed by atoms with Crippen LogP contribution in [0.5, 0.6) is 0 Å². The molecule has 96 valence electrons. The van der Waals surface area contributed by atoms with Gasteiger partial charge in [-0.25, -0.2) is 0 Å². The fraction of sp³-hybridized carbons (Fsp3) is 0.250. The molecule has 0 N–H and O–H groups in total. The highest BCUT2D eigenvalue weighted by atomic mass is 35.5. The van der Waals surface area contributed by atoms with Crippen molar-refractivity contribution in [2.45, 2.75) is 6.29 Å². The predicted molar refractivity (Wildman–Crippen MR) is 67.9 cm³/mol. The molecule has 6 nitrogen and oxygen atoms in total. The van der Waals surface area contributed by atoms with E-state index in [-0.39, 0.29) is 0 Å². The minimum atomic E-state index is -0.409. The Morgan fingerprint density at radius 1 is 1.21 bits per heavy atom. The SMILES string of the molecule is Clc1ccc2cc(C3OCCO3)c3nnnn3c2c1. The van der Waals surface area contributed by atoms with Crippen LogP contribution in [0.1, 0.15) is 11.9 Å². The van der Waals surface area contributed by atoms with E-state index in [1.807, 2.05) is 24.3 Å². The zero-order chi connectivity index (χ0) is 12.8. The molecule has 0 radical (unpaired) electrons. The Labute approximate surface area is 112 Å². The van der Waals surface area contributed by atoms with Crippen molar-refractivity contribution in [1.82, 2.24) is 20.0 Å². The van der Waals surface area contributed by atoms with Gasteiger partial charge in [0.1, 0.15) is 0 Å². The molecule has 2 aromatic heterocycles. The van der Waals surface area contributed by atoms with Gasteiger partial charge in [0.25, 0.3) is 0 Å². The molecule has 1 aliphatic rings. The molecule has 1 fully saturated rings. The first-order chi connectivity index (χ1) is 9.33. The van der Waals surface area contributed by atoms with E-state index in [1.165, 1.54) is 0 Å². The van der Waals surface area contributed by atoms with Crippen LogP contribution in [0.25, 0.3) is 16.6 Å². The second kappa shape index (κ2) is 4.12. The number of ether oxygens (including phenoxy) is 2. The Bertz CT molecular complexity index is 767. The normalized spacial score (nSPS) is 16.7. The Morgan fingerprint density at radius 3 is 2.89 bits per heavy atom. The van der Waals surface area contributed by atoms with Gasteiger partial charge >= 0.3 is 0 Å². The molecule has 0 spiro atoms. The third-order valence-electron chi connectivity index (χ3n) is 3.14. The van der Waals surface area contributed by atoms with Gasteiger partial charge in [-0.3, -0.25) is 0 Å². The lowest BCUT2D eigenvalue weighted by Crippen LogP contribution is -2.03. The Balaban J connectivity index is 2.06. The van der Waals surface area contributed by atoms with Crippen molar-refractivity contribution in [2.75, 3.05) is 13.2 Å². The molecule has 0 saturated carbocycles. The minimum Gasteiger partial charge on any atom is -0.346 e. The second-order valence-electron chi connectivity index (χ2n) is 4.29. The second-order valence-corrected chi connectivity index (χ2v) is 4.73. The molecule has 0 amide bonds. The van der Waals surface area contributed by atoms with E-state index in [9.17, 15) is 0 Å². The number of fused-ring (bicyclic) bond motifs is 3. The number of pyridine rings is 1. The van der Waals surface area contributed by atoms with Crippen LogP contribution in [0, 0.1) is 0 Å². The van der Waals surface area contributed by atoms with Gasteiger partial charge in [-0.15, -0.1) is 5.10 Å². The lowest BCUT2D eigenvalue weighted by atomic mass is 10.1. The minimum absolute atomic E-state index is 0.409. The molecule has 0 unspecified atom stereocenters. The van der Waals surface area contributed by atoms with Gasteiger partial charge in [-0.1, -0.05) is 17.7 Å². The molecule has 0 aliphatic carbocycles. The predicted octanol–water partition coefficient (Wildman–Crippen LogP) is 1.98. The van der Waals surface area contributed by atoms with Gasteiger partial charge in [-0.2, -0.15) is 4.52 Å². The van der Waals surface area contributed by atoms with E-state index in [0.717, 1.165) is 16.5 Å². The van der Waals surface area contributed by atoms with Gasteiger partial charge in [0, 0.05) is 10.4 Å². The van der Waals surface area contributed by atoms with Crippen LogP contribution in [-0.2, 0) is 9.47 Å². The van der Waals surface area contributed by atoms with Gasteiger partial charge in [0.15, 0.2) is 11.9 Å². The Hall–Kier alpha value is -1.76. The van der Waals surface area contributed by atoms with Crippen molar-refractivity contribution in [3.05, 3.63) is 34.9 Å². The van der Waals surface area contributed by atoms with Crippen molar-refractivity contribution >= 4 is 28.2 Å². The summed E-state index contributed by atoms with van der Waals surface area (Å²) < 4.78 is 12.7. The van der Waals surface area contributed by atoms with Crippen LogP contribution < -0.4 is 0 Å². The maximum Gasteiger partial charge on any atom is 0.188 e. The number of hydrogen-bond acceptors (Lipinski definition) is 5. The van der Waals surface area contributed by atoms with Crippen molar-refractivity contribution in [2.24, 2.45) is 0 Å². The van der Waals surface area contributed by atoms with Crippen LogP contribution in [-0.4, -0.2) is 33.3 Å². The Kier molecular flexibility index (Phi) is 2.41. The van der Waals surface area contributed by atoms with Gasteiger partial charge in [0.05, 0.1) is 24.3 Å². The summed E-state index contributed by atoms with van der Waals surface area (Å²) >= 11 is 6.02. The molecular formula is C12H9ClN4O2. The van der Waals surface area contributed by atoms with Crippen LogP contribution in [0.3, 0.4) is 0 Å². The highest BCUT2D eigenvalue weighted by Crippen LogP contribution is 2.30. The summed E-state index contributed by atoms with van der Waals surface area (Å²) in [5.41, 5.74) is 2.31. The van der Waals surface area contributed by atoms with Gasteiger partial charge in [0.2, 0.25) is 0 Å². The first-order valence-electron chi connectivity index (χ1n) is 5.86. The van der Waals surface area contributed by atoms with Crippen LogP contribution in [0.2, 0.25) is 5.02 Å². The zero-order valence-electron chi connectivity index (χ0n) is 9.78. The average molecular weight is 277 g/mol. The molecule has 3 aromatic rings. The topological polar surface area (TPSA) is 61.5 Å². The average Bonchev–Trinajstić information content (AvgIpc) is 3.09. The fourth-order valence-corrected chi connectivity index (χ4v) is 2.46. The molecule has 0 bridgehead atoms. The molecule has 19 heavy (non-hydrogen) atoms. The summed E-state index contributed by atoms with van der Waals surface area (Å²) in [6, 6.07) is 7.57. The summed E-state index contributed by atoms with van der Waals surface area (Å²) in [6.07, 6.45) is -0.409. The third kappa shape index (κ3) is 1.68. The number of nitrogens with zero attached hydrogens (tertiary/aromatic N) is 4. The summed E-state index contributed by atoms with van der Waals surface area (Å²) in [5, 5.41) is 13.4. The maximum absolute atomic E-state index is 6.02. The van der Waals surface area contributed by atoms with Crippen LogP contribution in [0.4, 0.5) is 0 Å². The molecule has 4 rings (SSSR count). The van der Waals surface area contributed by atoms with E-state index in [0.29, 0.717) is 23.9 Å². The summed E-state index contributed by atoms with van der Waals surface area (Å²) in [4.78, 5) is 0. The summed E-state index contributed by atoms with van der Waals surface area (Å²) in [7, 11) is 0. The van der Waals surface area contributed by atoms with Crippen LogP contribution in [0.15, 0.2) is 24.3 Å². The van der Waals surface area contributed by atoms with Crippen LogP contribution >= 0.6 is 11.6 Å². The van der Waals surface area contributed by atoms with E-state index in [4.69, 9.17) is 21.1 Å². The van der Waals surface area contributed by atoms with Crippen molar-refractivity contribution in [1.29, 1.82) is 0 Å². The third-order valence-corrected chi connectivity index (χ3v) is 3.37. The molecule has 0 atom stereocenters. The van der Waals surface area contributed by atoms with E-state index in [2.05, 4.69) is 15.5 Å². The molecule has 7 heteroatoms. The zero-order valence-corrected chi connectivity index (χ0v) is 10.5. The molecule has 3 heterocycles. The number of halogens is 1. The van der Waals surface area contributed by atoms with E-state index < -0.39 is 6.29 Å². The lowest BCUT2D eigenvalue weighted by Gasteiger charge is -2.11. The van der Waals surface area contributed by atoms with Crippen molar-refractivity contribution < 1.29 is 9.47 Å². The van der Waals surface area contributed by atoms with E-state index >= 15 is 0 Å². The molecule has 1 aliphatic heterocycles. The van der Waals surface area contributed by atoms with Crippen molar-refractivity contribution in [3.63, 3.8) is 0 Å². The Morgan fingerprint density at radius 2 is 2.05 bits per heavy atom.